The standard InChI is InChI=1S/C34H32ClN5O4S/c1-43-30-11-8-25(21-31(30)44-2)34(39-19-17-38(18-20-39)27-12-15-36-16-13-27)23-40(29-10-9-26(35)22-28(29)34)45(41,42)32-7-3-5-24-6-4-14-37-33(24)32/h3-16,21-22H,17-20,23H2,1-2H3. The van der Waals surface area contributed by atoms with Gasteiger partial charge in [-0.1, -0.05) is 35.9 Å². The van der Waals surface area contributed by atoms with Crippen LogP contribution >= 0.6 is 11.6 Å². The Morgan fingerprint density at radius 1 is 0.822 bits per heavy atom. The molecule has 0 spiro atoms. The first-order valence-corrected chi connectivity index (χ1v) is 16.5. The van der Waals surface area contributed by atoms with Gasteiger partial charge in [-0.05, 0) is 60.2 Å². The second kappa shape index (κ2) is 11.5. The number of hydrogen-bond donors (Lipinski definition) is 0. The number of sulfonamides is 1. The Labute approximate surface area is 267 Å². The number of nitrogens with zero attached hydrogens (tertiary/aromatic N) is 5. The fourth-order valence-corrected chi connectivity index (χ4v) is 8.60. The third-order valence-corrected chi connectivity index (χ3v) is 10.9. The Morgan fingerprint density at radius 3 is 2.33 bits per heavy atom. The Morgan fingerprint density at radius 2 is 1.58 bits per heavy atom. The van der Waals surface area contributed by atoms with Crippen LogP contribution in [0.3, 0.4) is 0 Å². The van der Waals surface area contributed by atoms with E-state index in [1.165, 1.54) is 4.31 Å². The molecule has 1 unspecified atom stereocenters. The molecule has 0 aliphatic carbocycles. The number of aromatic nitrogens is 2. The quantitative estimate of drug-likeness (QED) is 0.228. The van der Waals surface area contributed by atoms with E-state index in [9.17, 15) is 8.42 Å². The van der Waals surface area contributed by atoms with Crippen LogP contribution in [0, 0.1) is 0 Å². The van der Waals surface area contributed by atoms with E-state index in [0.29, 0.717) is 40.8 Å². The predicted octanol–water partition coefficient (Wildman–Crippen LogP) is 5.58. The molecule has 1 saturated heterocycles. The number of halogens is 1. The molecule has 11 heteroatoms. The summed E-state index contributed by atoms with van der Waals surface area (Å²) in [4.78, 5) is 13.5. The van der Waals surface area contributed by atoms with Crippen molar-refractivity contribution in [2.24, 2.45) is 0 Å². The number of anilines is 2. The normalized spacial score (nSPS) is 18.6. The van der Waals surface area contributed by atoms with Gasteiger partial charge in [-0.15, -0.1) is 0 Å². The number of hydrogen-bond acceptors (Lipinski definition) is 8. The third-order valence-electron chi connectivity index (χ3n) is 8.92. The molecule has 5 aromatic rings. The number of ether oxygens (including phenoxy) is 2. The lowest BCUT2D eigenvalue weighted by molar-refractivity contribution is 0.128. The molecule has 2 aliphatic rings. The van der Waals surface area contributed by atoms with Crippen molar-refractivity contribution >= 4 is 43.9 Å². The van der Waals surface area contributed by atoms with Gasteiger partial charge in [0, 0.05) is 66.4 Å². The number of para-hydroxylation sites is 1. The first kappa shape index (κ1) is 29.3. The van der Waals surface area contributed by atoms with Crippen LogP contribution in [0.4, 0.5) is 11.4 Å². The molecule has 0 bridgehead atoms. The Hall–Kier alpha value is -4.38. The molecule has 2 aliphatic heterocycles. The smallest absolute Gasteiger partial charge is 0.266 e. The number of pyridine rings is 2. The van der Waals surface area contributed by atoms with Crippen LogP contribution in [0.1, 0.15) is 11.1 Å². The van der Waals surface area contributed by atoms with Crippen molar-refractivity contribution in [3.05, 3.63) is 114 Å². The predicted molar refractivity (Wildman–Crippen MR) is 176 cm³/mol. The molecule has 3 aromatic carbocycles. The summed E-state index contributed by atoms with van der Waals surface area (Å²) in [5.74, 6) is 1.16. The van der Waals surface area contributed by atoms with Gasteiger partial charge in [0.15, 0.2) is 11.5 Å². The summed E-state index contributed by atoms with van der Waals surface area (Å²) in [6.07, 6.45) is 5.22. The average molecular weight is 642 g/mol. The SMILES string of the molecule is COc1ccc(C2(N3CCN(c4ccncc4)CC3)CN(S(=O)(=O)c3cccc4cccnc34)c3ccc(Cl)cc32)cc1OC. The minimum Gasteiger partial charge on any atom is -0.493 e. The van der Waals surface area contributed by atoms with Gasteiger partial charge in [-0.2, -0.15) is 0 Å². The van der Waals surface area contributed by atoms with E-state index in [2.05, 4.69) is 19.8 Å². The summed E-state index contributed by atoms with van der Waals surface area (Å²) in [6, 6.07) is 24.2. The van der Waals surface area contributed by atoms with Crippen LogP contribution in [-0.2, 0) is 15.6 Å². The molecule has 0 saturated carbocycles. The molecule has 45 heavy (non-hydrogen) atoms. The highest BCUT2D eigenvalue weighted by molar-refractivity contribution is 7.93. The summed E-state index contributed by atoms with van der Waals surface area (Å²) in [6.45, 7) is 2.97. The minimum absolute atomic E-state index is 0.138. The van der Waals surface area contributed by atoms with E-state index in [1.54, 1.807) is 57.1 Å². The second-order valence-corrected chi connectivity index (χ2v) is 13.4. The molecule has 0 N–H and O–H groups in total. The lowest BCUT2D eigenvalue weighted by Gasteiger charge is -2.47. The molecule has 0 radical (unpaired) electrons. The zero-order chi connectivity index (χ0) is 31.2. The average Bonchev–Trinajstić information content (AvgIpc) is 3.44. The van der Waals surface area contributed by atoms with Crippen LogP contribution < -0.4 is 18.7 Å². The highest BCUT2D eigenvalue weighted by Crippen LogP contribution is 2.51. The van der Waals surface area contributed by atoms with Crippen molar-refractivity contribution < 1.29 is 17.9 Å². The van der Waals surface area contributed by atoms with Crippen molar-refractivity contribution in [3.8, 4) is 11.5 Å². The lowest BCUT2D eigenvalue weighted by Crippen LogP contribution is -2.58. The van der Waals surface area contributed by atoms with Crippen molar-refractivity contribution in [2.45, 2.75) is 10.4 Å². The van der Waals surface area contributed by atoms with Gasteiger partial charge in [0.25, 0.3) is 10.0 Å². The molecule has 0 amide bonds. The number of benzene rings is 3. The van der Waals surface area contributed by atoms with E-state index in [0.717, 1.165) is 35.3 Å². The van der Waals surface area contributed by atoms with Gasteiger partial charge in [0.05, 0.1) is 37.5 Å². The highest BCUT2D eigenvalue weighted by Gasteiger charge is 2.52. The number of piperazine rings is 1. The summed E-state index contributed by atoms with van der Waals surface area (Å²) in [7, 11) is -0.861. The lowest BCUT2D eigenvalue weighted by atomic mass is 9.82. The fourth-order valence-electron chi connectivity index (χ4n) is 6.75. The van der Waals surface area contributed by atoms with Crippen molar-refractivity contribution in [2.75, 3.05) is 56.1 Å². The molecule has 4 heterocycles. The van der Waals surface area contributed by atoms with Crippen molar-refractivity contribution in [3.63, 3.8) is 0 Å². The Balaban J connectivity index is 1.40. The number of fused-ring (bicyclic) bond motifs is 2. The molecular formula is C34H32ClN5O4S. The maximum Gasteiger partial charge on any atom is 0.266 e. The van der Waals surface area contributed by atoms with Gasteiger partial charge in [-0.3, -0.25) is 19.2 Å². The maximum absolute atomic E-state index is 14.7. The van der Waals surface area contributed by atoms with Gasteiger partial charge in [0.2, 0.25) is 0 Å². The van der Waals surface area contributed by atoms with E-state index < -0.39 is 15.6 Å². The van der Waals surface area contributed by atoms with E-state index in [1.807, 2.05) is 54.6 Å². The van der Waals surface area contributed by atoms with E-state index in [4.69, 9.17) is 21.1 Å². The zero-order valence-electron chi connectivity index (χ0n) is 24.9. The molecule has 230 valence electrons. The number of methoxy groups -OCH3 is 2. The van der Waals surface area contributed by atoms with Crippen LogP contribution in [-0.4, -0.2) is 70.2 Å². The molecule has 2 aromatic heterocycles. The molecular weight excluding hydrogens is 610 g/mol. The van der Waals surface area contributed by atoms with Crippen LogP contribution in [0.2, 0.25) is 5.02 Å². The third kappa shape index (κ3) is 4.84. The fraction of sp³-hybridized carbons (Fsp3) is 0.235. The molecule has 7 rings (SSSR count). The first-order valence-electron chi connectivity index (χ1n) is 14.7. The van der Waals surface area contributed by atoms with E-state index in [-0.39, 0.29) is 11.4 Å². The monoisotopic (exact) mass is 641 g/mol. The number of rotatable bonds is 7. The molecule has 9 nitrogen and oxygen atoms in total. The van der Waals surface area contributed by atoms with Crippen molar-refractivity contribution in [1.82, 2.24) is 14.9 Å². The van der Waals surface area contributed by atoms with Crippen molar-refractivity contribution in [1.29, 1.82) is 0 Å². The first-order chi connectivity index (χ1) is 21.9. The Kier molecular flexibility index (Phi) is 7.51. The summed E-state index contributed by atoms with van der Waals surface area (Å²) >= 11 is 6.69. The zero-order valence-corrected chi connectivity index (χ0v) is 26.5. The van der Waals surface area contributed by atoms with E-state index >= 15 is 0 Å². The minimum atomic E-state index is -4.06. The molecule has 1 atom stereocenters. The van der Waals surface area contributed by atoms with Crippen LogP contribution in [0.15, 0.2) is 102 Å². The largest absolute Gasteiger partial charge is 0.493 e. The topological polar surface area (TPSA) is 88.1 Å². The summed E-state index contributed by atoms with van der Waals surface area (Å²) in [5, 5.41) is 1.28. The second-order valence-electron chi connectivity index (χ2n) is 11.1. The summed E-state index contributed by atoms with van der Waals surface area (Å²) in [5.41, 5.74) is 2.94. The molecule has 1 fully saturated rings. The van der Waals surface area contributed by atoms with Gasteiger partial charge in [-0.25, -0.2) is 8.42 Å². The van der Waals surface area contributed by atoms with Gasteiger partial charge >= 0.3 is 0 Å². The van der Waals surface area contributed by atoms with Gasteiger partial charge < -0.3 is 14.4 Å². The Bertz CT molecular complexity index is 1980. The highest BCUT2D eigenvalue weighted by atomic mass is 35.5. The summed E-state index contributed by atoms with van der Waals surface area (Å²) < 4.78 is 42.3. The van der Waals surface area contributed by atoms with Gasteiger partial charge in [0.1, 0.15) is 4.90 Å². The van der Waals surface area contributed by atoms with Crippen LogP contribution in [0.25, 0.3) is 10.9 Å². The maximum atomic E-state index is 14.7. The van der Waals surface area contributed by atoms with Crippen LogP contribution in [0.5, 0.6) is 11.5 Å².